The zero-order valence-corrected chi connectivity index (χ0v) is 17.0. The van der Waals surface area contributed by atoms with Gasteiger partial charge >= 0.3 is 0 Å². The van der Waals surface area contributed by atoms with Crippen LogP contribution in [0.1, 0.15) is 42.9 Å². The van der Waals surface area contributed by atoms with Gasteiger partial charge in [-0.3, -0.25) is 14.6 Å². The van der Waals surface area contributed by atoms with Crippen molar-refractivity contribution in [1.29, 1.82) is 0 Å². The molecule has 7 heteroatoms. The molecule has 30 heavy (non-hydrogen) atoms. The molecule has 0 spiro atoms. The second-order valence-corrected chi connectivity index (χ2v) is 7.49. The average molecular weight is 408 g/mol. The van der Waals surface area contributed by atoms with Crippen molar-refractivity contribution in [3.05, 3.63) is 59.4 Å². The first-order chi connectivity index (χ1) is 14.6. The van der Waals surface area contributed by atoms with Crippen molar-refractivity contribution in [1.82, 2.24) is 9.88 Å². The number of likely N-dealkylation sites (tertiary alicyclic amines) is 1. The Morgan fingerprint density at radius 2 is 1.70 bits per heavy atom. The van der Waals surface area contributed by atoms with E-state index in [1.807, 2.05) is 0 Å². The molecule has 1 aromatic carbocycles. The van der Waals surface area contributed by atoms with Crippen molar-refractivity contribution in [2.75, 3.05) is 14.2 Å². The zero-order valence-electron chi connectivity index (χ0n) is 17.0. The van der Waals surface area contributed by atoms with E-state index in [-0.39, 0.29) is 17.4 Å². The quantitative estimate of drug-likeness (QED) is 0.463. The zero-order chi connectivity index (χ0) is 21.3. The van der Waals surface area contributed by atoms with Gasteiger partial charge in [-0.2, -0.15) is 0 Å². The second kappa shape index (κ2) is 8.18. The Bertz CT molecular complexity index is 996. The van der Waals surface area contributed by atoms with Gasteiger partial charge in [-0.15, -0.1) is 0 Å². The van der Waals surface area contributed by atoms with Crippen molar-refractivity contribution in [2.45, 2.75) is 37.8 Å². The minimum Gasteiger partial charge on any atom is -0.507 e. The van der Waals surface area contributed by atoms with Crippen molar-refractivity contribution >= 4 is 17.4 Å². The van der Waals surface area contributed by atoms with Gasteiger partial charge in [-0.05, 0) is 42.7 Å². The lowest BCUT2D eigenvalue weighted by Crippen LogP contribution is -2.37. The fourth-order valence-corrected chi connectivity index (χ4v) is 4.42. The molecule has 1 N–H and O–H groups in total. The summed E-state index contributed by atoms with van der Waals surface area (Å²) in [6.07, 6.45) is 6.77. The third kappa shape index (κ3) is 3.30. The number of benzene rings is 1. The van der Waals surface area contributed by atoms with Crippen LogP contribution in [-0.2, 0) is 9.59 Å². The fourth-order valence-electron chi connectivity index (χ4n) is 4.42. The van der Waals surface area contributed by atoms with Crippen LogP contribution in [0.15, 0.2) is 48.3 Å². The lowest BCUT2D eigenvalue weighted by atomic mass is 9.94. The van der Waals surface area contributed by atoms with Crippen LogP contribution in [0.3, 0.4) is 0 Å². The third-order valence-electron chi connectivity index (χ3n) is 5.88. The van der Waals surface area contributed by atoms with E-state index in [4.69, 9.17) is 9.47 Å². The highest BCUT2D eigenvalue weighted by Gasteiger charge is 2.49. The van der Waals surface area contributed by atoms with Crippen LogP contribution in [0.2, 0.25) is 0 Å². The summed E-state index contributed by atoms with van der Waals surface area (Å²) in [6, 6.07) is 7.81. The predicted molar refractivity (Wildman–Crippen MR) is 110 cm³/mol. The molecule has 2 aliphatic rings. The number of hydrogen-bond acceptors (Lipinski definition) is 6. The number of ether oxygens (including phenoxy) is 2. The number of carbonyl (C=O) groups is 2. The molecule has 1 aromatic heterocycles. The van der Waals surface area contributed by atoms with Crippen molar-refractivity contribution in [2.24, 2.45) is 0 Å². The molecule has 1 aliphatic heterocycles. The number of aliphatic hydroxyl groups excluding tert-OH is 1. The summed E-state index contributed by atoms with van der Waals surface area (Å²) in [5.74, 6) is -0.395. The molecule has 1 amide bonds. The predicted octanol–water partition coefficient (Wildman–Crippen LogP) is 3.46. The molecule has 1 aliphatic carbocycles. The van der Waals surface area contributed by atoms with E-state index in [0.717, 1.165) is 25.7 Å². The summed E-state index contributed by atoms with van der Waals surface area (Å²) in [6.45, 7) is 0. The van der Waals surface area contributed by atoms with E-state index >= 15 is 0 Å². The largest absolute Gasteiger partial charge is 0.507 e. The molecule has 2 fully saturated rings. The Labute approximate surface area is 174 Å². The maximum Gasteiger partial charge on any atom is 0.295 e. The van der Waals surface area contributed by atoms with Crippen molar-refractivity contribution < 1.29 is 24.2 Å². The number of hydrogen-bond donors (Lipinski definition) is 1. The van der Waals surface area contributed by atoms with E-state index in [9.17, 15) is 14.7 Å². The summed E-state index contributed by atoms with van der Waals surface area (Å²) in [5.41, 5.74) is 1.22. The average Bonchev–Trinajstić information content (AvgIpc) is 3.40. The maximum absolute atomic E-state index is 13.1. The molecule has 7 nitrogen and oxygen atoms in total. The van der Waals surface area contributed by atoms with Crippen LogP contribution in [0.4, 0.5) is 0 Å². The Morgan fingerprint density at radius 1 is 1.03 bits per heavy atom. The number of aromatic nitrogens is 1. The van der Waals surface area contributed by atoms with Crippen LogP contribution < -0.4 is 9.47 Å². The van der Waals surface area contributed by atoms with Gasteiger partial charge in [0.15, 0.2) is 11.5 Å². The van der Waals surface area contributed by atoms with Crippen LogP contribution in [0.25, 0.3) is 5.76 Å². The van der Waals surface area contributed by atoms with E-state index < -0.39 is 17.7 Å². The molecule has 4 rings (SSSR count). The smallest absolute Gasteiger partial charge is 0.295 e. The van der Waals surface area contributed by atoms with Crippen LogP contribution >= 0.6 is 0 Å². The van der Waals surface area contributed by atoms with Crippen molar-refractivity contribution in [3.63, 3.8) is 0 Å². The standard InChI is InChI=1S/C23H24N2O5/c1-29-17-8-7-15(13-18(17)30-2)20-19(21(26)14-9-11-24-12-10-14)22(27)23(28)25(20)16-5-3-4-6-16/h7-13,16,20,26H,3-6H2,1-2H3/b21-19-. The molecule has 0 bridgehead atoms. The van der Waals surface area contributed by atoms with Gasteiger partial charge in [0, 0.05) is 24.0 Å². The van der Waals surface area contributed by atoms with Gasteiger partial charge < -0.3 is 19.5 Å². The molecule has 1 saturated heterocycles. The van der Waals surface area contributed by atoms with Crippen LogP contribution in [0.5, 0.6) is 11.5 Å². The first-order valence-corrected chi connectivity index (χ1v) is 9.99. The summed E-state index contributed by atoms with van der Waals surface area (Å²) in [7, 11) is 3.08. The molecule has 1 unspecified atom stereocenters. The molecule has 1 saturated carbocycles. The highest BCUT2D eigenvalue weighted by atomic mass is 16.5. The fraction of sp³-hybridized carbons (Fsp3) is 0.348. The number of aliphatic hydroxyl groups is 1. The van der Waals surface area contributed by atoms with E-state index in [0.29, 0.717) is 22.6 Å². The second-order valence-electron chi connectivity index (χ2n) is 7.49. The first kappa shape index (κ1) is 19.9. The maximum atomic E-state index is 13.1. The molecule has 2 heterocycles. The van der Waals surface area contributed by atoms with Crippen molar-refractivity contribution in [3.8, 4) is 11.5 Å². The number of carbonyl (C=O) groups excluding carboxylic acids is 2. The van der Waals surface area contributed by atoms with E-state index in [2.05, 4.69) is 4.98 Å². The third-order valence-corrected chi connectivity index (χ3v) is 5.88. The van der Waals surface area contributed by atoms with Gasteiger partial charge in [-0.25, -0.2) is 0 Å². The van der Waals surface area contributed by atoms with Gasteiger partial charge in [0.2, 0.25) is 0 Å². The first-order valence-electron chi connectivity index (χ1n) is 9.99. The van der Waals surface area contributed by atoms with Gasteiger partial charge in [0.25, 0.3) is 11.7 Å². The van der Waals surface area contributed by atoms with Gasteiger partial charge in [0.1, 0.15) is 5.76 Å². The van der Waals surface area contributed by atoms with Crippen LogP contribution in [-0.4, -0.2) is 46.9 Å². The number of rotatable bonds is 5. The van der Waals surface area contributed by atoms with E-state index in [1.165, 1.54) is 19.5 Å². The lowest BCUT2D eigenvalue weighted by molar-refractivity contribution is -0.141. The Hall–Kier alpha value is -3.35. The van der Waals surface area contributed by atoms with Gasteiger partial charge in [-0.1, -0.05) is 18.9 Å². The highest BCUT2D eigenvalue weighted by Crippen LogP contribution is 2.45. The Kier molecular flexibility index (Phi) is 5.44. The monoisotopic (exact) mass is 408 g/mol. The van der Waals surface area contributed by atoms with Crippen LogP contribution in [0, 0.1) is 0 Å². The summed E-state index contributed by atoms with van der Waals surface area (Å²) in [4.78, 5) is 31.7. The molecule has 1 atom stereocenters. The topological polar surface area (TPSA) is 89.0 Å². The molecule has 2 aromatic rings. The minimum absolute atomic E-state index is 0.0395. The molecule has 156 valence electrons. The van der Waals surface area contributed by atoms with Gasteiger partial charge in [0.05, 0.1) is 25.8 Å². The summed E-state index contributed by atoms with van der Waals surface area (Å²) < 4.78 is 10.8. The van der Waals surface area contributed by atoms with E-state index in [1.54, 1.807) is 42.3 Å². The number of Topliss-reactive ketones (excluding diaryl/α,β-unsaturated/α-hetero) is 1. The molecule has 0 radical (unpaired) electrons. The Morgan fingerprint density at radius 3 is 2.33 bits per heavy atom. The SMILES string of the molecule is COc1ccc(C2/C(=C(/O)c3ccncc3)C(=O)C(=O)N2C2CCCC2)cc1OC. The number of pyridine rings is 1. The molecular formula is C23H24N2O5. The summed E-state index contributed by atoms with van der Waals surface area (Å²) >= 11 is 0. The number of methoxy groups -OCH3 is 2. The minimum atomic E-state index is -0.693. The summed E-state index contributed by atoms with van der Waals surface area (Å²) in [5, 5.41) is 11.0. The normalized spacial score (nSPS) is 21.3. The molecular weight excluding hydrogens is 384 g/mol. The number of nitrogens with zero attached hydrogens (tertiary/aromatic N) is 2. The lowest BCUT2D eigenvalue weighted by Gasteiger charge is -2.31. The number of amides is 1. The number of ketones is 1. The Balaban J connectivity index is 1.90. The highest BCUT2D eigenvalue weighted by molar-refractivity contribution is 6.46.